The predicted molar refractivity (Wildman–Crippen MR) is 76.1 cm³/mol. The Morgan fingerprint density at radius 2 is 1.24 bits per heavy atom. The molecule has 0 aliphatic carbocycles. The minimum Gasteiger partial charge on any atom is -0.304 e. The van der Waals surface area contributed by atoms with Crippen LogP contribution in [0.1, 0.15) is 12.5 Å². The molecule has 0 spiro atoms. The lowest BCUT2D eigenvalue weighted by molar-refractivity contribution is -0.106. The molecular weight excluding hydrogens is 276 g/mol. The van der Waals surface area contributed by atoms with Crippen LogP contribution in [-0.2, 0) is 4.79 Å². The fraction of sp³-hybridized carbons (Fsp3) is 0.133. The van der Waals surface area contributed by atoms with Gasteiger partial charge in [0.25, 0.3) is 0 Å². The minimum absolute atomic E-state index is 0.750. The molecule has 0 unspecified atom stereocenters. The Morgan fingerprint density at radius 1 is 0.882 bits per heavy atom. The van der Waals surface area contributed by atoms with Crippen molar-refractivity contribution in [3.05, 3.63) is 58.6 Å². The first-order chi connectivity index (χ1) is 8.17. The third kappa shape index (κ3) is 4.53. The molecule has 0 aromatic heterocycles. The quantitative estimate of drug-likeness (QED) is 0.700. The molecule has 2 heteroatoms. The van der Waals surface area contributed by atoms with Crippen LogP contribution in [0.15, 0.2) is 53.0 Å². The molecule has 0 saturated heterocycles. The van der Waals surface area contributed by atoms with E-state index >= 15 is 0 Å². The maximum atomic E-state index is 8.81. The molecule has 17 heavy (non-hydrogen) atoms. The van der Waals surface area contributed by atoms with Crippen molar-refractivity contribution < 1.29 is 4.79 Å². The van der Waals surface area contributed by atoms with Gasteiger partial charge in [-0.1, -0.05) is 57.9 Å². The lowest BCUT2D eigenvalue weighted by atomic mass is 10.0. The Morgan fingerprint density at radius 3 is 1.65 bits per heavy atom. The first-order valence-electron chi connectivity index (χ1n) is 5.39. The van der Waals surface area contributed by atoms with Crippen LogP contribution in [0, 0.1) is 6.92 Å². The molecule has 0 aliphatic rings. The first kappa shape index (κ1) is 13.7. The maximum absolute atomic E-state index is 8.81. The molecule has 0 N–H and O–H groups in total. The van der Waals surface area contributed by atoms with Crippen LogP contribution < -0.4 is 0 Å². The van der Waals surface area contributed by atoms with E-state index in [9.17, 15) is 0 Å². The van der Waals surface area contributed by atoms with Crippen LogP contribution in [0.5, 0.6) is 0 Å². The van der Waals surface area contributed by atoms with Crippen LogP contribution in [0.2, 0.25) is 0 Å². The summed E-state index contributed by atoms with van der Waals surface area (Å²) in [6.07, 6.45) is 0.750. The highest BCUT2D eigenvalue weighted by molar-refractivity contribution is 9.10. The topological polar surface area (TPSA) is 17.1 Å². The Balaban J connectivity index is 0.000000437. The van der Waals surface area contributed by atoms with Crippen molar-refractivity contribution in [2.75, 3.05) is 0 Å². The highest BCUT2D eigenvalue weighted by Gasteiger charge is 1.95. The SMILES string of the molecule is CC=O.Cc1ccc(-c2ccc(Br)cc2)cc1. The second-order valence-corrected chi connectivity index (χ2v) is 4.52. The normalized spacial score (nSPS) is 9.12. The third-order valence-corrected chi connectivity index (χ3v) is 2.76. The van der Waals surface area contributed by atoms with Crippen molar-refractivity contribution in [1.82, 2.24) is 0 Å². The molecule has 0 fully saturated rings. The van der Waals surface area contributed by atoms with Crippen molar-refractivity contribution in [3.63, 3.8) is 0 Å². The second-order valence-electron chi connectivity index (χ2n) is 3.61. The molecule has 0 heterocycles. The van der Waals surface area contributed by atoms with E-state index in [0.717, 1.165) is 10.8 Å². The van der Waals surface area contributed by atoms with Crippen LogP contribution in [-0.4, -0.2) is 6.29 Å². The first-order valence-corrected chi connectivity index (χ1v) is 6.19. The van der Waals surface area contributed by atoms with E-state index in [-0.39, 0.29) is 0 Å². The Bertz CT molecular complexity index is 414. The Kier molecular flexibility index (Phi) is 5.64. The van der Waals surface area contributed by atoms with Crippen molar-refractivity contribution in [2.24, 2.45) is 0 Å². The van der Waals surface area contributed by atoms with Gasteiger partial charge in [0.2, 0.25) is 0 Å². The molecular formula is C15H15BrO. The second kappa shape index (κ2) is 7.02. The van der Waals surface area contributed by atoms with Crippen LogP contribution in [0.25, 0.3) is 11.1 Å². The zero-order valence-electron chi connectivity index (χ0n) is 9.98. The number of aldehydes is 1. The Hall–Kier alpha value is -1.41. The van der Waals surface area contributed by atoms with Crippen LogP contribution in [0.3, 0.4) is 0 Å². The van der Waals surface area contributed by atoms with E-state index in [1.807, 2.05) is 0 Å². The van der Waals surface area contributed by atoms with Crippen molar-refractivity contribution in [1.29, 1.82) is 0 Å². The molecule has 0 radical (unpaired) electrons. The number of rotatable bonds is 1. The average Bonchev–Trinajstić information content (AvgIpc) is 2.32. The molecule has 0 saturated carbocycles. The molecule has 0 atom stereocenters. The van der Waals surface area contributed by atoms with E-state index in [2.05, 4.69) is 71.4 Å². The molecule has 2 aromatic carbocycles. The van der Waals surface area contributed by atoms with Crippen molar-refractivity contribution in [3.8, 4) is 11.1 Å². The lowest BCUT2D eigenvalue weighted by Crippen LogP contribution is -1.77. The fourth-order valence-corrected chi connectivity index (χ4v) is 1.65. The summed E-state index contributed by atoms with van der Waals surface area (Å²) < 4.78 is 1.12. The van der Waals surface area contributed by atoms with E-state index in [1.54, 1.807) is 0 Å². The minimum atomic E-state index is 0.750. The number of benzene rings is 2. The lowest BCUT2D eigenvalue weighted by Gasteiger charge is -2.01. The van der Waals surface area contributed by atoms with Gasteiger partial charge in [-0.25, -0.2) is 0 Å². The van der Waals surface area contributed by atoms with Gasteiger partial charge in [0.05, 0.1) is 0 Å². The number of hydrogen-bond acceptors (Lipinski definition) is 1. The summed E-state index contributed by atoms with van der Waals surface area (Å²) in [6, 6.07) is 16.9. The van der Waals surface area contributed by atoms with Gasteiger partial charge in [-0.2, -0.15) is 0 Å². The molecule has 1 nitrogen and oxygen atoms in total. The Labute approximate surface area is 111 Å². The van der Waals surface area contributed by atoms with Gasteiger partial charge in [0, 0.05) is 4.47 Å². The smallest absolute Gasteiger partial charge is 0.116 e. The van der Waals surface area contributed by atoms with E-state index in [1.165, 1.54) is 23.6 Å². The number of aryl methyl sites for hydroxylation is 1. The van der Waals surface area contributed by atoms with Gasteiger partial charge in [0.1, 0.15) is 6.29 Å². The third-order valence-electron chi connectivity index (χ3n) is 2.23. The van der Waals surface area contributed by atoms with E-state index in [0.29, 0.717) is 0 Å². The predicted octanol–water partition coefficient (Wildman–Crippen LogP) is 4.63. The summed E-state index contributed by atoms with van der Waals surface area (Å²) in [5.74, 6) is 0. The number of halogens is 1. The molecule has 0 aliphatic heterocycles. The summed E-state index contributed by atoms with van der Waals surface area (Å²) in [7, 11) is 0. The van der Waals surface area contributed by atoms with Crippen molar-refractivity contribution >= 4 is 22.2 Å². The van der Waals surface area contributed by atoms with Gasteiger partial charge in [-0.3, -0.25) is 0 Å². The zero-order valence-corrected chi connectivity index (χ0v) is 11.6. The molecule has 0 amide bonds. The molecule has 2 aromatic rings. The largest absolute Gasteiger partial charge is 0.304 e. The van der Waals surface area contributed by atoms with Gasteiger partial charge in [0.15, 0.2) is 0 Å². The summed E-state index contributed by atoms with van der Waals surface area (Å²) in [6.45, 7) is 3.55. The highest BCUT2D eigenvalue weighted by atomic mass is 79.9. The number of carbonyl (C=O) groups is 1. The van der Waals surface area contributed by atoms with Crippen LogP contribution in [0.4, 0.5) is 0 Å². The summed E-state index contributed by atoms with van der Waals surface area (Å²) in [5, 5.41) is 0. The van der Waals surface area contributed by atoms with Gasteiger partial charge >= 0.3 is 0 Å². The summed E-state index contributed by atoms with van der Waals surface area (Å²) in [4.78, 5) is 8.81. The zero-order chi connectivity index (χ0) is 12.7. The van der Waals surface area contributed by atoms with Gasteiger partial charge in [-0.05, 0) is 37.1 Å². The highest BCUT2D eigenvalue weighted by Crippen LogP contribution is 2.21. The average molecular weight is 291 g/mol. The molecule has 2 rings (SSSR count). The number of carbonyl (C=O) groups excluding carboxylic acids is 1. The summed E-state index contributed by atoms with van der Waals surface area (Å²) in [5.41, 5.74) is 3.82. The van der Waals surface area contributed by atoms with Crippen LogP contribution >= 0.6 is 15.9 Å². The maximum Gasteiger partial charge on any atom is 0.116 e. The molecule has 0 bridgehead atoms. The summed E-state index contributed by atoms with van der Waals surface area (Å²) >= 11 is 3.43. The van der Waals surface area contributed by atoms with Crippen molar-refractivity contribution in [2.45, 2.75) is 13.8 Å². The molecule has 88 valence electrons. The van der Waals surface area contributed by atoms with Gasteiger partial charge < -0.3 is 4.79 Å². The monoisotopic (exact) mass is 290 g/mol. The number of hydrogen-bond donors (Lipinski definition) is 0. The van der Waals surface area contributed by atoms with E-state index in [4.69, 9.17) is 4.79 Å². The van der Waals surface area contributed by atoms with Gasteiger partial charge in [-0.15, -0.1) is 0 Å². The standard InChI is InChI=1S/C13H11Br.C2H4O/c1-10-2-4-11(5-3-10)12-6-8-13(14)9-7-12;1-2-3/h2-9H,1H3;2H,1H3. The fourth-order valence-electron chi connectivity index (χ4n) is 1.39. The van der Waals surface area contributed by atoms with E-state index < -0.39 is 0 Å².